The lowest BCUT2D eigenvalue weighted by Gasteiger charge is -2.09. The standard InChI is InChI=1S/C7H15NO2S/c1-5(7(9)10)4-11-6(2)3-8/h5-6H,3-4,8H2,1-2H3,(H,9,10). The molecule has 0 aromatic heterocycles. The summed E-state index contributed by atoms with van der Waals surface area (Å²) in [6.45, 7) is 4.31. The lowest BCUT2D eigenvalue weighted by atomic mass is 10.2. The highest BCUT2D eigenvalue weighted by Crippen LogP contribution is 2.13. The summed E-state index contributed by atoms with van der Waals surface area (Å²) < 4.78 is 0. The monoisotopic (exact) mass is 177 g/mol. The van der Waals surface area contributed by atoms with Gasteiger partial charge in [0.05, 0.1) is 5.92 Å². The Morgan fingerprint density at radius 1 is 1.64 bits per heavy atom. The third-order valence-corrected chi connectivity index (χ3v) is 2.84. The molecule has 0 amide bonds. The van der Waals surface area contributed by atoms with Crippen molar-refractivity contribution in [2.75, 3.05) is 12.3 Å². The van der Waals surface area contributed by atoms with Gasteiger partial charge in [-0.25, -0.2) is 0 Å². The van der Waals surface area contributed by atoms with Crippen LogP contribution in [0.15, 0.2) is 0 Å². The fourth-order valence-electron chi connectivity index (χ4n) is 0.448. The van der Waals surface area contributed by atoms with Gasteiger partial charge < -0.3 is 10.8 Å². The summed E-state index contributed by atoms with van der Waals surface area (Å²) in [4.78, 5) is 10.4. The van der Waals surface area contributed by atoms with Crippen molar-refractivity contribution in [1.82, 2.24) is 0 Å². The summed E-state index contributed by atoms with van der Waals surface area (Å²) in [6, 6.07) is 0. The lowest BCUT2D eigenvalue weighted by Crippen LogP contribution is -2.17. The molecular weight excluding hydrogens is 162 g/mol. The number of hydrogen-bond acceptors (Lipinski definition) is 3. The van der Waals surface area contributed by atoms with Crippen molar-refractivity contribution in [3.8, 4) is 0 Å². The molecule has 0 saturated heterocycles. The van der Waals surface area contributed by atoms with Crippen LogP contribution in [0.2, 0.25) is 0 Å². The maximum atomic E-state index is 10.4. The van der Waals surface area contributed by atoms with Crippen molar-refractivity contribution in [2.45, 2.75) is 19.1 Å². The zero-order valence-corrected chi connectivity index (χ0v) is 7.73. The quantitative estimate of drug-likeness (QED) is 0.651. The van der Waals surface area contributed by atoms with Crippen molar-refractivity contribution in [2.24, 2.45) is 11.7 Å². The zero-order valence-electron chi connectivity index (χ0n) is 6.91. The van der Waals surface area contributed by atoms with Gasteiger partial charge in [0, 0.05) is 17.5 Å². The van der Waals surface area contributed by atoms with Crippen LogP contribution in [0.5, 0.6) is 0 Å². The summed E-state index contributed by atoms with van der Waals surface area (Å²) in [7, 11) is 0. The highest BCUT2D eigenvalue weighted by molar-refractivity contribution is 7.99. The average molecular weight is 177 g/mol. The van der Waals surface area contributed by atoms with E-state index >= 15 is 0 Å². The van der Waals surface area contributed by atoms with Gasteiger partial charge in [0.15, 0.2) is 0 Å². The SMILES string of the molecule is CC(CN)SCC(C)C(=O)O. The molecule has 0 rings (SSSR count). The van der Waals surface area contributed by atoms with Crippen molar-refractivity contribution < 1.29 is 9.90 Å². The van der Waals surface area contributed by atoms with Gasteiger partial charge in [0.2, 0.25) is 0 Å². The minimum absolute atomic E-state index is 0.269. The van der Waals surface area contributed by atoms with Crippen LogP contribution in [0.1, 0.15) is 13.8 Å². The van der Waals surface area contributed by atoms with Crippen molar-refractivity contribution in [3.05, 3.63) is 0 Å². The first-order chi connectivity index (χ1) is 5.07. The molecule has 0 spiro atoms. The molecule has 4 heteroatoms. The normalized spacial score (nSPS) is 15.9. The minimum Gasteiger partial charge on any atom is -0.481 e. The van der Waals surface area contributed by atoms with Crippen LogP contribution in [0, 0.1) is 5.92 Å². The predicted molar refractivity (Wildman–Crippen MR) is 47.8 cm³/mol. The van der Waals surface area contributed by atoms with E-state index in [4.69, 9.17) is 10.8 Å². The molecule has 3 N–H and O–H groups in total. The van der Waals surface area contributed by atoms with Gasteiger partial charge in [-0.05, 0) is 0 Å². The number of rotatable bonds is 5. The molecule has 0 fully saturated rings. The van der Waals surface area contributed by atoms with E-state index in [1.807, 2.05) is 6.92 Å². The lowest BCUT2D eigenvalue weighted by molar-refractivity contribution is -0.140. The predicted octanol–water partition coefficient (Wildman–Crippen LogP) is 0.788. The smallest absolute Gasteiger partial charge is 0.307 e. The highest BCUT2D eigenvalue weighted by atomic mass is 32.2. The van der Waals surface area contributed by atoms with E-state index in [0.29, 0.717) is 17.5 Å². The number of carboxylic acids is 1. The van der Waals surface area contributed by atoms with Crippen LogP contribution >= 0.6 is 11.8 Å². The van der Waals surface area contributed by atoms with E-state index in [0.717, 1.165) is 0 Å². The Balaban J connectivity index is 3.45. The molecule has 66 valence electrons. The van der Waals surface area contributed by atoms with E-state index in [9.17, 15) is 4.79 Å². The third-order valence-electron chi connectivity index (χ3n) is 1.38. The highest BCUT2D eigenvalue weighted by Gasteiger charge is 2.11. The molecule has 0 aliphatic heterocycles. The molecule has 3 nitrogen and oxygen atoms in total. The zero-order chi connectivity index (χ0) is 8.85. The summed E-state index contributed by atoms with van der Waals surface area (Å²) >= 11 is 1.61. The minimum atomic E-state index is -0.735. The summed E-state index contributed by atoms with van der Waals surface area (Å²) in [5.74, 6) is -0.357. The van der Waals surface area contributed by atoms with E-state index < -0.39 is 5.97 Å². The van der Waals surface area contributed by atoms with Gasteiger partial charge in [0.25, 0.3) is 0 Å². The van der Waals surface area contributed by atoms with Gasteiger partial charge in [-0.3, -0.25) is 4.79 Å². The van der Waals surface area contributed by atoms with Crippen LogP contribution < -0.4 is 5.73 Å². The molecule has 2 atom stereocenters. The Bertz CT molecular complexity index is 130. The number of carboxylic acid groups (broad SMARTS) is 1. The number of aliphatic carboxylic acids is 1. The van der Waals surface area contributed by atoms with E-state index in [1.54, 1.807) is 18.7 Å². The molecular formula is C7H15NO2S. The fourth-order valence-corrected chi connectivity index (χ4v) is 1.34. The Hall–Kier alpha value is -0.220. The first-order valence-corrected chi connectivity index (χ1v) is 4.67. The first kappa shape index (κ1) is 10.8. The molecule has 2 unspecified atom stereocenters. The van der Waals surface area contributed by atoms with Gasteiger partial charge in [-0.1, -0.05) is 13.8 Å². The number of nitrogens with two attached hydrogens (primary N) is 1. The molecule has 11 heavy (non-hydrogen) atoms. The second-order valence-corrected chi connectivity index (χ2v) is 4.09. The van der Waals surface area contributed by atoms with Crippen LogP contribution in [0.25, 0.3) is 0 Å². The van der Waals surface area contributed by atoms with Gasteiger partial charge in [-0.15, -0.1) is 0 Å². The fraction of sp³-hybridized carbons (Fsp3) is 0.857. The van der Waals surface area contributed by atoms with Crippen molar-refractivity contribution in [1.29, 1.82) is 0 Å². The molecule has 0 aromatic rings. The first-order valence-electron chi connectivity index (χ1n) is 3.62. The van der Waals surface area contributed by atoms with Gasteiger partial charge in [0.1, 0.15) is 0 Å². The third kappa shape index (κ3) is 5.09. The molecule has 0 saturated carbocycles. The van der Waals surface area contributed by atoms with Crippen LogP contribution in [0.3, 0.4) is 0 Å². The van der Waals surface area contributed by atoms with E-state index in [-0.39, 0.29) is 5.92 Å². The molecule has 0 aromatic carbocycles. The molecule has 0 aliphatic carbocycles. The van der Waals surface area contributed by atoms with Crippen LogP contribution in [-0.2, 0) is 4.79 Å². The molecule has 0 heterocycles. The average Bonchev–Trinajstić information content (AvgIpc) is 1.99. The van der Waals surface area contributed by atoms with Gasteiger partial charge in [-0.2, -0.15) is 11.8 Å². The summed E-state index contributed by atoms with van der Waals surface area (Å²) in [6.07, 6.45) is 0. The second-order valence-electron chi connectivity index (χ2n) is 2.62. The molecule has 0 radical (unpaired) electrons. The summed E-state index contributed by atoms with van der Waals surface area (Å²) in [5, 5.41) is 8.88. The van der Waals surface area contributed by atoms with E-state index in [2.05, 4.69) is 0 Å². The number of hydrogen-bond donors (Lipinski definition) is 2. The van der Waals surface area contributed by atoms with Gasteiger partial charge >= 0.3 is 5.97 Å². The Morgan fingerprint density at radius 2 is 2.18 bits per heavy atom. The molecule has 0 bridgehead atoms. The van der Waals surface area contributed by atoms with Crippen LogP contribution in [0.4, 0.5) is 0 Å². The summed E-state index contributed by atoms with van der Waals surface area (Å²) in [5.41, 5.74) is 5.37. The second kappa shape index (κ2) is 5.43. The molecule has 0 aliphatic rings. The number of thioether (sulfide) groups is 1. The van der Waals surface area contributed by atoms with Crippen molar-refractivity contribution in [3.63, 3.8) is 0 Å². The maximum Gasteiger partial charge on any atom is 0.307 e. The number of carbonyl (C=O) groups is 1. The Morgan fingerprint density at radius 3 is 2.55 bits per heavy atom. The largest absolute Gasteiger partial charge is 0.481 e. The van der Waals surface area contributed by atoms with Crippen LogP contribution in [-0.4, -0.2) is 28.6 Å². The Labute approximate surface area is 71.3 Å². The Kier molecular flexibility index (Phi) is 5.32. The van der Waals surface area contributed by atoms with Crippen molar-refractivity contribution >= 4 is 17.7 Å². The maximum absolute atomic E-state index is 10.4. The van der Waals surface area contributed by atoms with E-state index in [1.165, 1.54) is 0 Å². The topological polar surface area (TPSA) is 63.3 Å².